The molecule has 0 fully saturated rings. The highest BCUT2D eigenvalue weighted by molar-refractivity contribution is 7.94. The van der Waals surface area contributed by atoms with Crippen LogP contribution in [0.3, 0.4) is 0 Å². The number of ether oxygens (including phenoxy) is 1. The number of likely N-dealkylation sites (N-methyl/N-ethyl adjacent to an activating group) is 1. The number of carbonyl (C=O) groups is 1. The van der Waals surface area contributed by atoms with Gasteiger partial charge < -0.3 is 9.64 Å². The molecule has 0 spiro atoms. The number of hydrogen-bond acceptors (Lipinski definition) is 5. The summed E-state index contributed by atoms with van der Waals surface area (Å²) in [5.74, 6) is 0.442. The van der Waals surface area contributed by atoms with E-state index < -0.39 is 10.0 Å². The zero-order chi connectivity index (χ0) is 18.4. The van der Waals surface area contributed by atoms with Crippen molar-refractivity contribution < 1.29 is 17.9 Å². The number of sulfonamides is 1. The van der Waals surface area contributed by atoms with Crippen LogP contribution in [0.25, 0.3) is 0 Å². The molecule has 0 unspecified atom stereocenters. The first-order valence-corrected chi connectivity index (χ1v) is 10.2. The Morgan fingerprint density at radius 1 is 1.12 bits per heavy atom. The molecule has 0 atom stereocenters. The van der Waals surface area contributed by atoms with Crippen molar-refractivity contribution >= 4 is 33.0 Å². The van der Waals surface area contributed by atoms with E-state index in [9.17, 15) is 13.2 Å². The number of nitrogens with zero attached hydrogens (tertiary/aromatic N) is 2. The summed E-state index contributed by atoms with van der Waals surface area (Å²) in [5.41, 5.74) is 0.524. The highest BCUT2D eigenvalue weighted by atomic mass is 32.2. The fraction of sp³-hybridized carbons (Fsp3) is 0.353. The molecule has 0 aliphatic heterocycles. The minimum absolute atomic E-state index is 0.0373. The van der Waals surface area contributed by atoms with Gasteiger partial charge in [-0.2, -0.15) is 0 Å². The lowest BCUT2D eigenvalue weighted by molar-refractivity contribution is -0.132. The molecule has 1 amide bonds. The molecular weight excluding hydrogens is 360 g/mol. The summed E-state index contributed by atoms with van der Waals surface area (Å²) in [5, 5.41) is 1.73. The molecular formula is C17H22N2O4S2. The van der Waals surface area contributed by atoms with Crippen LogP contribution < -0.4 is 9.04 Å². The van der Waals surface area contributed by atoms with Crippen molar-refractivity contribution in [2.24, 2.45) is 0 Å². The molecule has 0 saturated heterocycles. The van der Waals surface area contributed by atoms with E-state index in [-0.39, 0.29) is 12.5 Å². The standard InChI is InChI=1S/C17H22N2O4S2/c1-4-19(5-2)16(20)13-23-15-10-8-14(9-11-15)18(3)25(21,22)17-7-6-12-24-17/h6-12H,4-5,13H2,1-3H3. The first kappa shape index (κ1) is 19.3. The molecule has 0 bridgehead atoms. The second-order valence-corrected chi connectivity index (χ2v) is 8.40. The van der Waals surface area contributed by atoms with Crippen LogP contribution in [-0.4, -0.2) is 46.0 Å². The summed E-state index contributed by atoms with van der Waals surface area (Å²) in [6.45, 7) is 5.08. The van der Waals surface area contributed by atoms with Crippen molar-refractivity contribution in [3.63, 3.8) is 0 Å². The summed E-state index contributed by atoms with van der Waals surface area (Å²) in [6, 6.07) is 9.91. The van der Waals surface area contributed by atoms with E-state index in [1.807, 2.05) is 13.8 Å². The van der Waals surface area contributed by atoms with Crippen molar-refractivity contribution in [1.82, 2.24) is 4.90 Å². The number of thiophene rings is 1. The molecule has 2 rings (SSSR count). The minimum atomic E-state index is -3.56. The van der Waals surface area contributed by atoms with E-state index in [1.165, 1.54) is 22.7 Å². The Bertz CT molecular complexity index is 783. The van der Waals surface area contributed by atoms with Gasteiger partial charge in [-0.25, -0.2) is 8.42 Å². The van der Waals surface area contributed by atoms with Crippen LogP contribution in [0.5, 0.6) is 5.75 Å². The molecule has 0 N–H and O–H groups in total. The van der Waals surface area contributed by atoms with Gasteiger partial charge in [-0.1, -0.05) is 6.07 Å². The zero-order valence-corrected chi connectivity index (χ0v) is 16.1. The van der Waals surface area contributed by atoms with Crippen molar-refractivity contribution in [3.05, 3.63) is 41.8 Å². The van der Waals surface area contributed by atoms with Gasteiger partial charge in [-0.15, -0.1) is 11.3 Å². The van der Waals surface area contributed by atoms with E-state index in [4.69, 9.17) is 4.74 Å². The maximum absolute atomic E-state index is 12.5. The van der Waals surface area contributed by atoms with Crippen LogP contribution in [0.2, 0.25) is 0 Å². The Morgan fingerprint density at radius 2 is 1.76 bits per heavy atom. The summed E-state index contributed by atoms with van der Waals surface area (Å²) in [4.78, 5) is 13.6. The molecule has 0 aliphatic carbocycles. The van der Waals surface area contributed by atoms with Gasteiger partial charge >= 0.3 is 0 Å². The lowest BCUT2D eigenvalue weighted by Gasteiger charge is -2.20. The molecule has 1 heterocycles. The van der Waals surface area contributed by atoms with Gasteiger partial charge in [0, 0.05) is 20.1 Å². The van der Waals surface area contributed by atoms with E-state index >= 15 is 0 Å². The largest absolute Gasteiger partial charge is 0.484 e. The zero-order valence-electron chi connectivity index (χ0n) is 14.5. The van der Waals surface area contributed by atoms with Gasteiger partial charge in [0.1, 0.15) is 9.96 Å². The smallest absolute Gasteiger partial charge is 0.273 e. The first-order valence-electron chi connectivity index (χ1n) is 7.93. The molecule has 136 valence electrons. The summed E-state index contributed by atoms with van der Waals surface area (Å²) in [7, 11) is -2.05. The van der Waals surface area contributed by atoms with Gasteiger partial charge in [-0.05, 0) is 49.6 Å². The van der Waals surface area contributed by atoms with E-state index in [1.54, 1.807) is 46.7 Å². The first-order chi connectivity index (χ1) is 11.9. The quantitative estimate of drug-likeness (QED) is 0.704. The topological polar surface area (TPSA) is 66.9 Å². The van der Waals surface area contributed by atoms with Crippen molar-refractivity contribution in [1.29, 1.82) is 0 Å². The fourth-order valence-corrected chi connectivity index (χ4v) is 4.61. The second kappa shape index (κ2) is 8.35. The lowest BCUT2D eigenvalue weighted by Crippen LogP contribution is -2.34. The maximum atomic E-state index is 12.5. The lowest BCUT2D eigenvalue weighted by atomic mass is 10.3. The van der Waals surface area contributed by atoms with Crippen molar-refractivity contribution in [2.45, 2.75) is 18.1 Å². The Labute approximate surface area is 152 Å². The maximum Gasteiger partial charge on any atom is 0.273 e. The Balaban J connectivity index is 2.03. The Hall–Kier alpha value is -2.06. The van der Waals surface area contributed by atoms with Crippen LogP contribution in [0.15, 0.2) is 46.0 Å². The molecule has 25 heavy (non-hydrogen) atoms. The SMILES string of the molecule is CCN(CC)C(=O)COc1ccc(N(C)S(=O)(=O)c2cccs2)cc1. The number of benzene rings is 1. The fourth-order valence-electron chi connectivity index (χ4n) is 2.25. The van der Waals surface area contributed by atoms with Crippen LogP contribution in [0.1, 0.15) is 13.8 Å². The van der Waals surface area contributed by atoms with Crippen molar-refractivity contribution in [3.8, 4) is 5.75 Å². The third-order valence-corrected chi connectivity index (χ3v) is 6.95. The number of hydrogen-bond donors (Lipinski definition) is 0. The predicted octanol–water partition coefficient (Wildman–Crippen LogP) is 2.82. The molecule has 1 aromatic carbocycles. The van der Waals surface area contributed by atoms with Gasteiger partial charge in [0.15, 0.2) is 6.61 Å². The van der Waals surface area contributed by atoms with Crippen LogP contribution in [0.4, 0.5) is 5.69 Å². The highest BCUT2D eigenvalue weighted by Crippen LogP contribution is 2.26. The summed E-state index contributed by atoms with van der Waals surface area (Å²) < 4.78 is 32.0. The van der Waals surface area contributed by atoms with Crippen molar-refractivity contribution in [2.75, 3.05) is 31.0 Å². The van der Waals surface area contributed by atoms with Gasteiger partial charge in [0.25, 0.3) is 15.9 Å². The molecule has 8 heteroatoms. The molecule has 0 saturated carbocycles. The van der Waals surface area contributed by atoms with Crippen LogP contribution in [0, 0.1) is 0 Å². The molecule has 0 aliphatic rings. The van der Waals surface area contributed by atoms with Crippen LogP contribution in [-0.2, 0) is 14.8 Å². The molecule has 1 aromatic heterocycles. The van der Waals surface area contributed by atoms with E-state index in [0.717, 1.165) is 0 Å². The normalized spacial score (nSPS) is 11.2. The number of rotatable bonds is 8. The average molecular weight is 383 g/mol. The summed E-state index contributed by atoms with van der Waals surface area (Å²) >= 11 is 1.18. The highest BCUT2D eigenvalue weighted by Gasteiger charge is 2.22. The third-order valence-electron chi connectivity index (χ3n) is 3.79. The Morgan fingerprint density at radius 3 is 2.28 bits per heavy atom. The Kier molecular flexibility index (Phi) is 6.44. The van der Waals surface area contributed by atoms with Gasteiger partial charge in [-0.3, -0.25) is 9.10 Å². The minimum Gasteiger partial charge on any atom is -0.484 e. The average Bonchev–Trinajstić information content (AvgIpc) is 3.16. The van der Waals surface area contributed by atoms with Gasteiger partial charge in [0.05, 0.1) is 5.69 Å². The number of anilines is 1. The second-order valence-electron chi connectivity index (χ2n) is 5.25. The monoisotopic (exact) mass is 382 g/mol. The van der Waals surface area contributed by atoms with E-state index in [2.05, 4.69) is 0 Å². The molecule has 2 aromatic rings. The molecule has 6 nitrogen and oxygen atoms in total. The van der Waals surface area contributed by atoms with E-state index in [0.29, 0.717) is 28.7 Å². The number of amides is 1. The van der Waals surface area contributed by atoms with Gasteiger partial charge in [0.2, 0.25) is 0 Å². The third kappa shape index (κ3) is 4.52. The predicted molar refractivity (Wildman–Crippen MR) is 99.8 cm³/mol. The van der Waals surface area contributed by atoms with Crippen LogP contribution >= 0.6 is 11.3 Å². The number of carbonyl (C=O) groups excluding carboxylic acids is 1. The summed E-state index contributed by atoms with van der Waals surface area (Å²) in [6.07, 6.45) is 0. The molecule has 0 radical (unpaired) electrons.